The minimum absolute atomic E-state index is 0.518. The van der Waals surface area contributed by atoms with Crippen molar-refractivity contribution < 1.29 is 0 Å². The molecule has 2 aliphatic rings. The van der Waals surface area contributed by atoms with Crippen LogP contribution in [0.4, 0.5) is 0 Å². The van der Waals surface area contributed by atoms with Crippen molar-refractivity contribution in [3.05, 3.63) is 64.9 Å². The highest BCUT2D eigenvalue weighted by atomic mass is 35.5. The Labute approximate surface area is 154 Å². The van der Waals surface area contributed by atoms with Crippen LogP contribution in [0.3, 0.4) is 0 Å². The van der Waals surface area contributed by atoms with Crippen molar-refractivity contribution in [3.8, 4) is 0 Å². The van der Waals surface area contributed by atoms with Crippen LogP contribution in [0.25, 0.3) is 11.3 Å². The van der Waals surface area contributed by atoms with Crippen molar-refractivity contribution in [2.45, 2.75) is 18.9 Å². The fraction of sp³-hybridized carbons (Fsp3) is 0.350. The molecule has 0 radical (unpaired) electrons. The molecule has 0 aliphatic carbocycles. The second-order valence-corrected chi connectivity index (χ2v) is 7.25. The molecule has 2 aromatic rings. The lowest BCUT2D eigenvalue weighted by molar-refractivity contribution is 0.142. The van der Waals surface area contributed by atoms with Gasteiger partial charge in [0.1, 0.15) is 0 Å². The average molecular weight is 355 g/mol. The van der Waals surface area contributed by atoms with Gasteiger partial charge in [-0.25, -0.2) is 5.43 Å². The van der Waals surface area contributed by atoms with E-state index in [0.29, 0.717) is 6.04 Å². The van der Waals surface area contributed by atoms with Gasteiger partial charge in [-0.3, -0.25) is 4.98 Å². The Kier molecular flexibility index (Phi) is 4.75. The zero-order chi connectivity index (χ0) is 17.2. The summed E-state index contributed by atoms with van der Waals surface area (Å²) in [6.07, 6.45) is 6.08. The first-order valence-corrected chi connectivity index (χ1v) is 9.21. The molecular formula is C20H23ClN4. The highest BCUT2D eigenvalue weighted by Crippen LogP contribution is 2.35. The van der Waals surface area contributed by atoms with Gasteiger partial charge in [0.2, 0.25) is 0 Å². The Balaban J connectivity index is 1.74. The van der Waals surface area contributed by atoms with Gasteiger partial charge in [0.05, 0.1) is 5.70 Å². The van der Waals surface area contributed by atoms with Crippen molar-refractivity contribution in [1.82, 2.24) is 20.3 Å². The number of nitrogens with zero attached hydrogens (tertiary/aromatic N) is 3. The van der Waals surface area contributed by atoms with E-state index in [4.69, 9.17) is 11.6 Å². The van der Waals surface area contributed by atoms with Gasteiger partial charge in [-0.05, 0) is 62.8 Å². The SMILES string of the molecule is CN1CCC(N2NCC(c3ccc(Cl)cc3)=C2c2ccncc2)CC1. The van der Waals surface area contributed by atoms with E-state index in [-0.39, 0.29) is 0 Å². The summed E-state index contributed by atoms with van der Waals surface area (Å²) in [5.41, 5.74) is 8.67. The molecule has 2 aliphatic heterocycles. The highest BCUT2D eigenvalue weighted by Gasteiger charge is 2.31. The van der Waals surface area contributed by atoms with Crippen molar-refractivity contribution in [2.75, 3.05) is 26.7 Å². The highest BCUT2D eigenvalue weighted by molar-refractivity contribution is 6.30. The number of aromatic nitrogens is 1. The summed E-state index contributed by atoms with van der Waals surface area (Å²) in [6.45, 7) is 3.12. The van der Waals surface area contributed by atoms with Crippen LogP contribution in [0.15, 0.2) is 48.8 Å². The number of rotatable bonds is 3. The summed E-state index contributed by atoms with van der Waals surface area (Å²) in [5, 5.41) is 3.17. The second-order valence-electron chi connectivity index (χ2n) is 6.81. The van der Waals surface area contributed by atoms with Gasteiger partial charge in [-0.2, -0.15) is 0 Å². The lowest BCUT2D eigenvalue weighted by Gasteiger charge is -2.37. The maximum atomic E-state index is 6.08. The van der Waals surface area contributed by atoms with E-state index in [1.165, 1.54) is 35.2 Å². The number of pyridine rings is 1. The van der Waals surface area contributed by atoms with Gasteiger partial charge in [-0.1, -0.05) is 23.7 Å². The van der Waals surface area contributed by atoms with Crippen LogP contribution in [-0.4, -0.2) is 47.6 Å². The fourth-order valence-corrected chi connectivity index (χ4v) is 3.88. The topological polar surface area (TPSA) is 31.4 Å². The molecular weight excluding hydrogens is 332 g/mol. The monoisotopic (exact) mass is 354 g/mol. The van der Waals surface area contributed by atoms with Crippen molar-refractivity contribution in [1.29, 1.82) is 0 Å². The number of hydrogen-bond acceptors (Lipinski definition) is 4. The van der Waals surface area contributed by atoms with E-state index in [9.17, 15) is 0 Å². The van der Waals surface area contributed by atoms with E-state index in [1.807, 2.05) is 24.5 Å². The Bertz CT molecular complexity index is 749. The smallest absolute Gasteiger partial charge is 0.0648 e. The molecule has 0 saturated carbocycles. The quantitative estimate of drug-likeness (QED) is 0.913. The molecule has 0 bridgehead atoms. The molecule has 0 atom stereocenters. The first-order chi connectivity index (χ1) is 12.2. The fourth-order valence-electron chi connectivity index (χ4n) is 3.75. The number of likely N-dealkylation sites (tertiary alicyclic amines) is 1. The van der Waals surface area contributed by atoms with Gasteiger partial charge in [0.25, 0.3) is 0 Å². The van der Waals surface area contributed by atoms with Crippen LogP contribution >= 0.6 is 11.6 Å². The molecule has 0 spiro atoms. The van der Waals surface area contributed by atoms with Crippen LogP contribution in [0.5, 0.6) is 0 Å². The zero-order valence-electron chi connectivity index (χ0n) is 14.5. The number of nitrogens with one attached hydrogen (secondary N) is 1. The molecule has 1 aromatic carbocycles. The minimum atomic E-state index is 0.518. The largest absolute Gasteiger partial charge is 0.306 e. The summed E-state index contributed by atoms with van der Waals surface area (Å²) in [5.74, 6) is 0. The molecule has 1 saturated heterocycles. The Morgan fingerprint density at radius 3 is 2.36 bits per heavy atom. The third kappa shape index (κ3) is 3.43. The van der Waals surface area contributed by atoms with E-state index in [1.54, 1.807) is 0 Å². The van der Waals surface area contributed by atoms with E-state index in [2.05, 4.69) is 51.6 Å². The molecule has 0 amide bonds. The average Bonchev–Trinajstić information content (AvgIpc) is 3.09. The Morgan fingerprint density at radius 1 is 1.00 bits per heavy atom. The Hall–Kier alpha value is -1.88. The molecule has 0 unspecified atom stereocenters. The molecule has 130 valence electrons. The first-order valence-electron chi connectivity index (χ1n) is 8.83. The van der Waals surface area contributed by atoms with E-state index < -0.39 is 0 Å². The minimum Gasteiger partial charge on any atom is -0.306 e. The summed E-state index contributed by atoms with van der Waals surface area (Å²) < 4.78 is 0. The number of halogens is 1. The normalized spacial score (nSPS) is 19.7. The third-order valence-electron chi connectivity index (χ3n) is 5.15. The van der Waals surface area contributed by atoms with Crippen molar-refractivity contribution in [2.24, 2.45) is 0 Å². The van der Waals surface area contributed by atoms with Crippen LogP contribution < -0.4 is 5.43 Å². The van der Waals surface area contributed by atoms with Gasteiger partial charge in [0, 0.05) is 41.1 Å². The Morgan fingerprint density at radius 2 is 1.68 bits per heavy atom. The molecule has 5 heteroatoms. The van der Waals surface area contributed by atoms with Crippen molar-refractivity contribution in [3.63, 3.8) is 0 Å². The molecule has 1 N–H and O–H groups in total. The van der Waals surface area contributed by atoms with Gasteiger partial charge >= 0.3 is 0 Å². The number of hydrogen-bond donors (Lipinski definition) is 1. The lowest BCUT2D eigenvalue weighted by Crippen LogP contribution is -2.46. The standard InChI is InChI=1S/C20H23ClN4/c1-24-12-8-18(9-13-24)25-20(16-6-10-22-11-7-16)19(14-23-25)15-2-4-17(21)5-3-15/h2-7,10-11,18,23H,8-9,12-14H2,1H3. The molecule has 4 rings (SSSR count). The predicted molar refractivity (Wildman–Crippen MR) is 103 cm³/mol. The number of benzene rings is 1. The maximum absolute atomic E-state index is 6.08. The number of hydrazine groups is 1. The molecule has 4 nitrogen and oxygen atoms in total. The third-order valence-corrected chi connectivity index (χ3v) is 5.40. The molecule has 3 heterocycles. The van der Waals surface area contributed by atoms with Gasteiger partial charge in [0.15, 0.2) is 0 Å². The van der Waals surface area contributed by atoms with Gasteiger partial charge < -0.3 is 9.91 Å². The van der Waals surface area contributed by atoms with E-state index >= 15 is 0 Å². The second kappa shape index (κ2) is 7.16. The first kappa shape index (κ1) is 16.6. The molecule has 1 fully saturated rings. The zero-order valence-corrected chi connectivity index (χ0v) is 15.2. The van der Waals surface area contributed by atoms with Gasteiger partial charge in [-0.15, -0.1) is 0 Å². The van der Waals surface area contributed by atoms with E-state index in [0.717, 1.165) is 24.7 Å². The molecule has 25 heavy (non-hydrogen) atoms. The lowest BCUT2D eigenvalue weighted by atomic mass is 9.98. The van der Waals surface area contributed by atoms with Crippen LogP contribution in [0.1, 0.15) is 24.0 Å². The van der Waals surface area contributed by atoms with Crippen LogP contribution in [-0.2, 0) is 0 Å². The summed E-state index contributed by atoms with van der Waals surface area (Å²) >= 11 is 6.08. The number of piperidine rings is 1. The van der Waals surface area contributed by atoms with Crippen molar-refractivity contribution >= 4 is 22.9 Å². The maximum Gasteiger partial charge on any atom is 0.0648 e. The molecule has 1 aromatic heterocycles. The predicted octanol–water partition coefficient (Wildman–Crippen LogP) is 3.52. The summed E-state index contributed by atoms with van der Waals surface area (Å²) in [6, 6.07) is 12.9. The van der Waals surface area contributed by atoms with Crippen LogP contribution in [0.2, 0.25) is 5.02 Å². The summed E-state index contributed by atoms with van der Waals surface area (Å²) in [7, 11) is 2.20. The van der Waals surface area contributed by atoms with Crippen LogP contribution in [0, 0.1) is 0 Å². The summed E-state index contributed by atoms with van der Waals surface area (Å²) in [4.78, 5) is 6.59.